The van der Waals surface area contributed by atoms with Crippen LogP contribution in [0.25, 0.3) is 16.8 Å². The van der Waals surface area contributed by atoms with E-state index >= 15 is 0 Å². The molecule has 0 saturated carbocycles. The summed E-state index contributed by atoms with van der Waals surface area (Å²) in [7, 11) is 1.70. The van der Waals surface area contributed by atoms with E-state index in [2.05, 4.69) is 10.2 Å². The fraction of sp³-hybridized carbons (Fsp3) is 0.292. The van der Waals surface area contributed by atoms with E-state index < -0.39 is 17.5 Å². The van der Waals surface area contributed by atoms with Crippen LogP contribution in [-0.4, -0.2) is 36.2 Å². The number of fused-ring (bicyclic) bond motifs is 5. The van der Waals surface area contributed by atoms with Crippen LogP contribution in [0.3, 0.4) is 0 Å². The lowest BCUT2D eigenvalue weighted by Gasteiger charge is -2.34. The summed E-state index contributed by atoms with van der Waals surface area (Å²) < 4.78 is 44.7. The molecule has 1 fully saturated rings. The molecule has 5 heterocycles. The number of benzene rings is 1. The van der Waals surface area contributed by atoms with Crippen LogP contribution in [0.15, 0.2) is 36.5 Å². The molecule has 1 amide bonds. The maximum atomic E-state index is 13.9. The zero-order valence-corrected chi connectivity index (χ0v) is 18.0. The van der Waals surface area contributed by atoms with Crippen LogP contribution in [0.4, 0.5) is 13.2 Å². The Kier molecular flexibility index (Phi) is 4.21. The summed E-state index contributed by atoms with van der Waals surface area (Å²) in [5.41, 5.74) is 4.37. The predicted molar refractivity (Wildman–Crippen MR) is 114 cm³/mol. The minimum Gasteiger partial charge on any atom is -0.327 e. The first kappa shape index (κ1) is 20.0. The number of carbonyl (C=O) groups excluding carboxylic acids is 1. The van der Waals surface area contributed by atoms with E-state index in [0.29, 0.717) is 23.4 Å². The van der Waals surface area contributed by atoms with E-state index in [1.54, 1.807) is 16.2 Å². The Morgan fingerprint density at radius 1 is 1.09 bits per heavy atom. The van der Waals surface area contributed by atoms with Gasteiger partial charge in [0, 0.05) is 30.4 Å². The van der Waals surface area contributed by atoms with Crippen molar-refractivity contribution >= 4 is 11.4 Å². The fourth-order valence-electron chi connectivity index (χ4n) is 5.52. The second kappa shape index (κ2) is 6.94. The Morgan fingerprint density at radius 2 is 1.85 bits per heavy atom. The number of nitrogens with zero attached hydrogens (tertiary/aromatic N) is 5. The molecule has 1 saturated heterocycles. The molecule has 2 unspecified atom stereocenters. The molecule has 0 N–H and O–H groups in total. The number of aryl methyl sites for hydroxylation is 2. The van der Waals surface area contributed by atoms with E-state index in [1.165, 1.54) is 0 Å². The van der Waals surface area contributed by atoms with Gasteiger partial charge in [0.05, 0.1) is 34.2 Å². The van der Waals surface area contributed by atoms with Crippen molar-refractivity contribution in [3.8, 4) is 11.3 Å². The summed E-state index contributed by atoms with van der Waals surface area (Å²) in [5, 5.41) is 9.12. The molecule has 2 aliphatic rings. The van der Waals surface area contributed by atoms with Gasteiger partial charge in [-0.2, -0.15) is 10.2 Å². The van der Waals surface area contributed by atoms with Crippen molar-refractivity contribution in [1.82, 2.24) is 24.3 Å². The van der Waals surface area contributed by atoms with Crippen molar-refractivity contribution in [3.05, 3.63) is 76.5 Å². The largest absolute Gasteiger partial charge is 0.327 e. The van der Waals surface area contributed by atoms with Gasteiger partial charge in [-0.25, -0.2) is 17.7 Å². The molecule has 2 atom stereocenters. The number of pyridine rings is 1. The average molecular weight is 451 g/mol. The number of aromatic nitrogens is 4. The highest BCUT2D eigenvalue weighted by molar-refractivity contribution is 6.02. The molecule has 168 valence electrons. The molecular weight excluding hydrogens is 431 g/mol. The van der Waals surface area contributed by atoms with Crippen LogP contribution in [0.2, 0.25) is 0 Å². The average Bonchev–Trinajstić information content (AvgIpc) is 3.41. The number of halogens is 3. The summed E-state index contributed by atoms with van der Waals surface area (Å²) in [5.74, 6) is -4.05. The van der Waals surface area contributed by atoms with Gasteiger partial charge in [-0.3, -0.25) is 9.48 Å². The number of carbonyl (C=O) groups is 1. The summed E-state index contributed by atoms with van der Waals surface area (Å²) in [6, 6.07) is 7.31. The van der Waals surface area contributed by atoms with Crippen molar-refractivity contribution in [2.75, 3.05) is 0 Å². The molecule has 9 heteroatoms. The fourth-order valence-corrected chi connectivity index (χ4v) is 5.52. The molecule has 1 aromatic carbocycles. The molecule has 3 aromatic heterocycles. The first-order chi connectivity index (χ1) is 15.8. The zero-order chi connectivity index (χ0) is 23.0. The number of rotatable bonds is 2. The molecule has 33 heavy (non-hydrogen) atoms. The first-order valence-corrected chi connectivity index (χ1v) is 10.8. The van der Waals surface area contributed by atoms with Gasteiger partial charge in [0.25, 0.3) is 5.91 Å². The van der Waals surface area contributed by atoms with Crippen LogP contribution in [0.5, 0.6) is 0 Å². The van der Waals surface area contributed by atoms with E-state index in [-0.39, 0.29) is 23.6 Å². The van der Waals surface area contributed by atoms with E-state index in [1.807, 2.05) is 36.2 Å². The summed E-state index contributed by atoms with van der Waals surface area (Å²) in [4.78, 5) is 15.6. The van der Waals surface area contributed by atoms with Crippen molar-refractivity contribution in [2.24, 2.45) is 7.05 Å². The topological polar surface area (TPSA) is 55.4 Å². The molecule has 0 spiro atoms. The summed E-state index contributed by atoms with van der Waals surface area (Å²) in [6.07, 6.45) is 3.89. The zero-order valence-electron chi connectivity index (χ0n) is 18.0. The van der Waals surface area contributed by atoms with Gasteiger partial charge >= 0.3 is 0 Å². The molecule has 6 rings (SSSR count). The molecule has 2 aliphatic heterocycles. The number of hydrogen-bond acceptors (Lipinski definition) is 3. The van der Waals surface area contributed by atoms with Gasteiger partial charge in [-0.1, -0.05) is 6.07 Å². The predicted octanol–water partition coefficient (Wildman–Crippen LogP) is 4.36. The van der Waals surface area contributed by atoms with Crippen molar-refractivity contribution in [2.45, 2.75) is 38.3 Å². The van der Waals surface area contributed by atoms with Gasteiger partial charge < -0.3 is 4.90 Å². The quantitative estimate of drug-likeness (QED) is 0.426. The highest BCUT2D eigenvalue weighted by Crippen LogP contribution is 2.47. The van der Waals surface area contributed by atoms with Crippen LogP contribution in [-0.2, 0) is 13.5 Å². The van der Waals surface area contributed by atoms with E-state index in [9.17, 15) is 18.0 Å². The first-order valence-electron chi connectivity index (χ1n) is 10.8. The monoisotopic (exact) mass is 451 g/mol. The third-order valence-corrected chi connectivity index (χ3v) is 6.85. The minimum absolute atomic E-state index is 0.0637. The molecule has 2 bridgehead atoms. The molecular formula is C24H20F3N5O. The second-order valence-corrected chi connectivity index (χ2v) is 8.74. The SMILES string of the molecule is Cc1nn2ccccc2c1C(=O)N1C2CCC1c1nn(C)c(-c3cc(F)c(F)c(F)c3)c1C2. The molecule has 0 aliphatic carbocycles. The van der Waals surface area contributed by atoms with Gasteiger partial charge in [0.2, 0.25) is 0 Å². The third-order valence-electron chi connectivity index (χ3n) is 6.85. The highest BCUT2D eigenvalue weighted by atomic mass is 19.2. The summed E-state index contributed by atoms with van der Waals surface area (Å²) >= 11 is 0. The Morgan fingerprint density at radius 3 is 2.61 bits per heavy atom. The minimum atomic E-state index is -1.49. The van der Waals surface area contributed by atoms with Gasteiger partial charge in [-0.15, -0.1) is 0 Å². The van der Waals surface area contributed by atoms with Crippen molar-refractivity contribution < 1.29 is 18.0 Å². The lowest BCUT2D eigenvalue weighted by molar-refractivity contribution is 0.0644. The lowest BCUT2D eigenvalue weighted by Crippen LogP contribution is -2.42. The third kappa shape index (κ3) is 2.77. The normalized spacial score (nSPS) is 19.4. The maximum Gasteiger partial charge on any atom is 0.258 e. The highest BCUT2D eigenvalue weighted by Gasteiger charge is 2.46. The van der Waals surface area contributed by atoms with E-state index in [4.69, 9.17) is 0 Å². The van der Waals surface area contributed by atoms with Crippen LogP contribution >= 0.6 is 0 Å². The van der Waals surface area contributed by atoms with Crippen LogP contribution in [0, 0.1) is 24.4 Å². The maximum absolute atomic E-state index is 13.9. The van der Waals surface area contributed by atoms with Crippen LogP contribution in [0.1, 0.15) is 46.2 Å². The number of amides is 1. The Labute approximate surface area is 187 Å². The Bertz CT molecular complexity index is 1430. The molecule has 0 radical (unpaired) electrons. The van der Waals surface area contributed by atoms with Gasteiger partial charge in [-0.05, 0) is 50.5 Å². The van der Waals surface area contributed by atoms with Crippen LogP contribution < -0.4 is 0 Å². The van der Waals surface area contributed by atoms with E-state index in [0.717, 1.165) is 41.7 Å². The summed E-state index contributed by atoms with van der Waals surface area (Å²) in [6.45, 7) is 1.83. The molecule has 4 aromatic rings. The Hall–Kier alpha value is -3.62. The Balaban J connectivity index is 1.44. The van der Waals surface area contributed by atoms with Gasteiger partial charge in [0.1, 0.15) is 0 Å². The standard InChI is InChI=1S/C24H20F3N5O/c1-12-20(18-5-3-4-8-31(18)28-12)24(33)32-14-6-7-19(32)22-15(11-14)23(30(2)29-22)13-9-16(25)21(27)17(26)10-13/h3-5,8-10,14,19H,6-7,11H2,1-2H3. The van der Waals surface area contributed by atoms with Gasteiger partial charge in [0.15, 0.2) is 17.5 Å². The van der Waals surface area contributed by atoms with Crippen molar-refractivity contribution in [3.63, 3.8) is 0 Å². The van der Waals surface area contributed by atoms with Crippen molar-refractivity contribution in [1.29, 1.82) is 0 Å². The smallest absolute Gasteiger partial charge is 0.258 e. The molecule has 6 nitrogen and oxygen atoms in total. The second-order valence-electron chi connectivity index (χ2n) is 8.74. The lowest BCUT2D eigenvalue weighted by atomic mass is 9.94. The number of hydrogen-bond donors (Lipinski definition) is 0.